The van der Waals surface area contributed by atoms with Crippen molar-refractivity contribution in [2.45, 2.75) is 12.6 Å². The van der Waals surface area contributed by atoms with Crippen LogP contribution in [0.1, 0.15) is 17.5 Å². The van der Waals surface area contributed by atoms with Gasteiger partial charge in [-0.3, -0.25) is 4.99 Å². The molecule has 1 aromatic carbocycles. The Morgan fingerprint density at radius 1 is 1.18 bits per heavy atom. The molecule has 0 atom stereocenters. The van der Waals surface area contributed by atoms with Crippen LogP contribution in [0.15, 0.2) is 35.3 Å². The second-order valence-corrected chi connectivity index (χ2v) is 3.62. The molecule has 1 aliphatic rings. The number of dihydropyridines is 1. The van der Waals surface area contributed by atoms with Crippen LogP contribution in [0.25, 0.3) is 0 Å². The van der Waals surface area contributed by atoms with E-state index in [-0.39, 0.29) is 11.3 Å². The van der Waals surface area contributed by atoms with Crippen LogP contribution in [-0.2, 0) is 6.18 Å². The molecule has 0 spiro atoms. The average molecular weight is 243 g/mol. The normalized spacial score (nSPS) is 15.9. The van der Waals surface area contributed by atoms with Gasteiger partial charge in [0.1, 0.15) is 11.4 Å². The highest BCUT2D eigenvalue weighted by Gasteiger charge is 2.37. The fraction of sp³-hybridized carbons (Fsp3) is 0.250. The predicted molar refractivity (Wildman–Crippen MR) is 56.6 cm³/mol. The maximum atomic E-state index is 13.3. The zero-order valence-electron chi connectivity index (χ0n) is 8.76. The topological polar surface area (TPSA) is 12.4 Å². The van der Waals surface area contributed by atoms with Crippen LogP contribution in [0.2, 0.25) is 0 Å². The fourth-order valence-electron chi connectivity index (χ4n) is 1.71. The highest BCUT2D eigenvalue weighted by Crippen LogP contribution is 2.34. The van der Waals surface area contributed by atoms with Gasteiger partial charge in [-0.1, -0.05) is 18.2 Å². The number of aliphatic imine (C=N–C) groups is 1. The summed E-state index contributed by atoms with van der Waals surface area (Å²) < 4.78 is 51.5. The minimum absolute atomic E-state index is 0.183. The van der Waals surface area contributed by atoms with Gasteiger partial charge < -0.3 is 0 Å². The molecule has 0 unspecified atom stereocenters. The molecule has 0 aromatic heterocycles. The van der Waals surface area contributed by atoms with Crippen molar-refractivity contribution in [3.8, 4) is 0 Å². The van der Waals surface area contributed by atoms with E-state index in [2.05, 4.69) is 4.99 Å². The van der Waals surface area contributed by atoms with E-state index in [4.69, 9.17) is 0 Å². The Morgan fingerprint density at radius 2 is 1.94 bits per heavy atom. The van der Waals surface area contributed by atoms with Crippen molar-refractivity contribution < 1.29 is 17.6 Å². The second-order valence-electron chi connectivity index (χ2n) is 3.62. The first-order valence-electron chi connectivity index (χ1n) is 5.07. The number of allylic oxidation sites excluding steroid dienone is 1. The molecule has 0 radical (unpaired) electrons. The molecule has 1 aromatic rings. The second kappa shape index (κ2) is 4.31. The van der Waals surface area contributed by atoms with Gasteiger partial charge in [-0.15, -0.1) is 0 Å². The lowest BCUT2D eigenvalue weighted by Crippen LogP contribution is -2.16. The van der Waals surface area contributed by atoms with E-state index >= 15 is 0 Å². The summed E-state index contributed by atoms with van der Waals surface area (Å²) in [5, 5.41) is 0. The molecule has 0 saturated carbocycles. The van der Waals surface area contributed by atoms with Crippen molar-refractivity contribution in [1.29, 1.82) is 0 Å². The van der Waals surface area contributed by atoms with Crippen molar-refractivity contribution in [1.82, 2.24) is 0 Å². The van der Waals surface area contributed by atoms with Crippen molar-refractivity contribution >= 4 is 5.71 Å². The van der Waals surface area contributed by atoms with E-state index in [0.717, 1.165) is 6.07 Å². The zero-order chi connectivity index (χ0) is 12.5. The summed E-state index contributed by atoms with van der Waals surface area (Å²) in [6.45, 7) is 0.430. The fourth-order valence-corrected chi connectivity index (χ4v) is 1.71. The minimum atomic E-state index is -4.71. The van der Waals surface area contributed by atoms with Crippen molar-refractivity contribution in [3.05, 3.63) is 47.3 Å². The highest BCUT2D eigenvalue weighted by atomic mass is 19.4. The molecular weight excluding hydrogens is 234 g/mol. The molecule has 0 N–H and O–H groups in total. The molecule has 1 aliphatic heterocycles. The highest BCUT2D eigenvalue weighted by molar-refractivity contribution is 6.10. The summed E-state index contributed by atoms with van der Waals surface area (Å²) in [5.41, 5.74) is -1.26. The smallest absolute Gasteiger partial charge is 0.284 e. The van der Waals surface area contributed by atoms with Gasteiger partial charge in [0.25, 0.3) is 0 Å². The van der Waals surface area contributed by atoms with Crippen LogP contribution in [0.5, 0.6) is 0 Å². The van der Waals surface area contributed by atoms with E-state index in [0.29, 0.717) is 13.0 Å². The lowest BCUT2D eigenvalue weighted by molar-refractivity contribution is -0.140. The van der Waals surface area contributed by atoms with Gasteiger partial charge in [0, 0.05) is 12.1 Å². The number of halogens is 4. The molecular formula is C12H9F4N. The zero-order valence-corrected chi connectivity index (χ0v) is 8.76. The Balaban J connectivity index is 2.58. The van der Waals surface area contributed by atoms with Gasteiger partial charge >= 0.3 is 6.18 Å². The Hall–Kier alpha value is -1.65. The van der Waals surface area contributed by atoms with Gasteiger partial charge in [-0.2, -0.15) is 13.2 Å². The summed E-state index contributed by atoms with van der Waals surface area (Å²) >= 11 is 0. The quantitative estimate of drug-likeness (QED) is 0.668. The molecule has 90 valence electrons. The van der Waals surface area contributed by atoms with Crippen LogP contribution in [0, 0.1) is 5.82 Å². The maximum Gasteiger partial charge on any atom is 0.419 e. The first-order valence-corrected chi connectivity index (χ1v) is 5.07. The monoisotopic (exact) mass is 243 g/mol. The maximum absolute atomic E-state index is 13.3. The largest absolute Gasteiger partial charge is 0.419 e. The summed E-state index contributed by atoms with van der Waals surface area (Å²) in [4.78, 5) is 3.98. The third-order valence-corrected chi connectivity index (χ3v) is 2.43. The third-order valence-electron chi connectivity index (χ3n) is 2.43. The molecule has 0 fully saturated rings. The summed E-state index contributed by atoms with van der Waals surface area (Å²) in [6.07, 6.45) is -0.796. The Bertz CT molecular complexity index is 486. The number of hydrogen-bond donors (Lipinski definition) is 0. The van der Waals surface area contributed by atoms with Gasteiger partial charge in [0.05, 0.1) is 5.71 Å². The number of rotatable bonds is 1. The average Bonchev–Trinajstić information content (AvgIpc) is 2.28. The third kappa shape index (κ3) is 2.38. The van der Waals surface area contributed by atoms with Gasteiger partial charge in [-0.05, 0) is 18.6 Å². The van der Waals surface area contributed by atoms with E-state index < -0.39 is 17.6 Å². The lowest BCUT2D eigenvalue weighted by atomic mass is 10.00. The number of hydrogen-bond acceptors (Lipinski definition) is 1. The van der Waals surface area contributed by atoms with E-state index in [1.165, 1.54) is 18.2 Å². The van der Waals surface area contributed by atoms with Crippen LogP contribution < -0.4 is 0 Å². The Labute approximate surface area is 95.5 Å². The summed E-state index contributed by atoms with van der Waals surface area (Å²) in [7, 11) is 0. The molecule has 0 bridgehead atoms. The molecule has 5 heteroatoms. The van der Waals surface area contributed by atoms with Gasteiger partial charge in [0.2, 0.25) is 0 Å². The molecule has 1 heterocycles. The Kier molecular flexibility index (Phi) is 3.00. The molecule has 0 aliphatic carbocycles. The molecule has 2 rings (SSSR count). The number of alkyl halides is 3. The van der Waals surface area contributed by atoms with Crippen LogP contribution in [0.4, 0.5) is 17.6 Å². The SMILES string of the molecule is Fc1cccc(C2=NCCC=C2)c1C(F)(F)F. The van der Waals surface area contributed by atoms with Gasteiger partial charge in [0.15, 0.2) is 0 Å². The lowest BCUT2D eigenvalue weighted by Gasteiger charge is -2.15. The molecule has 0 saturated heterocycles. The first-order chi connectivity index (χ1) is 8.00. The van der Waals surface area contributed by atoms with Gasteiger partial charge in [-0.25, -0.2) is 4.39 Å². The Morgan fingerprint density at radius 3 is 2.53 bits per heavy atom. The van der Waals surface area contributed by atoms with Crippen molar-refractivity contribution in [2.75, 3.05) is 6.54 Å². The van der Waals surface area contributed by atoms with E-state index in [1.54, 1.807) is 6.08 Å². The summed E-state index contributed by atoms with van der Waals surface area (Å²) in [5.74, 6) is -1.27. The minimum Gasteiger partial charge on any atom is -0.284 e. The molecule has 0 amide bonds. The van der Waals surface area contributed by atoms with Crippen LogP contribution >= 0.6 is 0 Å². The first kappa shape index (κ1) is 11.8. The van der Waals surface area contributed by atoms with E-state index in [1.807, 2.05) is 0 Å². The standard InChI is InChI=1S/C12H9F4N/c13-9-5-3-4-8(11(9)12(14,15)16)10-6-1-2-7-17-10/h1,3-6H,2,7H2. The van der Waals surface area contributed by atoms with Crippen LogP contribution in [0.3, 0.4) is 0 Å². The predicted octanol–water partition coefficient (Wildman–Crippen LogP) is 3.59. The number of benzene rings is 1. The van der Waals surface area contributed by atoms with Crippen LogP contribution in [-0.4, -0.2) is 12.3 Å². The molecule has 17 heavy (non-hydrogen) atoms. The molecule has 1 nitrogen and oxygen atoms in total. The number of nitrogens with zero attached hydrogens (tertiary/aromatic N) is 1. The summed E-state index contributed by atoms with van der Waals surface area (Å²) in [6, 6.07) is 3.30. The van der Waals surface area contributed by atoms with Crippen molar-refractivity contribution in [2.24, 2.45) is 4.99 Å². The van der Waals surface area contributed by atoms with Crippen molar-refractivity contribution in [3.63, 3.8) is 0 Å². The van der Waals surface area contributed by atoms with E-state index in [9.17, 15) is 17.6 Å².